The third kappa shape index (κ3) is 2.51. The smallest absolute Gasteiger partial charge is 0.296 e. The number of aromatic nitrogens is 4. The molecule has 1 heterocycles. The molecule has 1 aromatic carbocycles. The highest BCUT2D eigenvalue weighted by molar-refractivity contribution is 5.77. The molecule has 0 radical (unpaired) electrons. The monoisotopic (exact) mass is 273 g/mol. The minimum atomic E-state index is -0.656. The highest BCUT2D eigenvalue weighted by Gasteiger charge is 2.17. The molecule has 0 spiro atoms. The summed E-state index contributed by atoms with van der Waals surface area (Å²) < 4.78 is 0. The zero-order chi connectivity index (χ0) is 14.5. The lowest BCUT2D eigenvalue weighted by Crippen LogP contribution is -1.98. The van der Waals surface area contributed by atoms with E-state index >= 15 is 0 Å². The van der Waals surface area contributed by atoms with Crippen LogP contribution in [-0.4, -0.2) is 30.7 Å². The molecule has 100 valence electrons. The first-order valence-corrected chi connectivity index (χ1v) is 5.20. The molecular formula is C10H7N7O3. The molecule has 0 aliphatic rings. The van der Waals surface area contributed by atoms with E-state index in [2.05, 4.69) is 25.9 Å². The van der Waals surface area contributed by atoms with Gasteiger partial charge in [0.05, 0.1) is 4.92 Å². The fourth-order valence-electron chi connectivity index (χ4n) is 1.40. The molecule has 0 atom stereocenters. The lowest BCUT2D eigenvalue weighted by atomic mass is 10.2. The number of H-pyrrole nitrogens is 1. The molecule has 0 aliphatic carbocycles. The van der Waals surface area contributed by atoms with E-state index in [4.69, 9.17) is 5.26 Å². The van der Waals surface area contributed by atoms with Crippen LogP contribution < -0.4 is 5.32 Å². The van der Waals surface area contributed by atoms with E-state index in [-0.39, 0.29) is 28.5 Å². The van der Waals surface area contributed by atoms with Crippen LogP contribution in [-0.2, 0) is 0 Å². The molecule has 10 nitrogen and oxygen atoms in total. The number of nitrogens with zero attached hydrogens (tertiary/aromatic N) is 5. The predicted octanol–water partition coefficient (Wildman–Crippen LogP) is 0.790. The minimum Gasteiger partial charge on any atom is -0.505 e. The zero-order valence-corrected chi connectivity index (χ0v) is 9.81. The lowest BCUT2D eigenvalue weighted by molar-refractivity contribution is -0.384. The summed E-state index contributed by atoms with van der Waals surface area (Å²) in [7, 11) is 0. The molecule has 2 rings (SSSR count). The molecule has 20 heavy (non-hydrogen) atoms. The van der Waals surface area contributed by atoms with Crippen LogP contribution in [0, 0.1) is 21.4 Å². The van der Waals surface area contributed by atoms with Crippen LogP contribution >= 0.6 is 0 Å². The fourth-order valence-corrected chi connectivity index (χ4v) is 1.40. The van der Waals surface area contributed by atoms with Crippen LogP contribution in [0.15, 0.2) is 24.4 Å². The molecular weight excluding hydrogens is 266 g/mol. The van der Waals surface area contributed by atoms with Crippen molar-refractivity contribution in [3.05, 3.63) is 40.3 Å². The van der Waals surface area contributed by atoms with Crippen molar-refractivity contribution in [2.45, 2.75) is 0 Å². The maximum atomic E-state index is 10.8. The Labute approximate surface area is 111 Å². The third-order valence-corrected chi connectivity index (χ3v) is 2.28. The molecule has 0 aliphatic heterocycles. The van der Waals surface area contributed by atoms with Crippen LogP contribution in [0.3, 0.4) is 0 Å². The van der Waals surface area contributed by atoms with Gasteiger partial charge in [-0.2, -0.15) is 10.5 Å². The SMILES string of the molecule is N#CC(=CNc1c(O)cccc1[N+](=O)[O-])c1nn[nH]n1. The molecule has 0 amide bonds. The Morgan fingerprint density at radius 2 is 2.40 bits per heavy atom. The number of hydrogen-bond donors (Lipinski definition) is 3. The number of phenolic OH excluding ortho intramolecular Hbond substituents is 1. The predicted molar refractivity (Wildman–Crippen MR) is 66.2 cm³/mol. The van der Waals surface area contributed by atoms with Crippen molar-refractivity contribution in [3.8, 4) is 11.8 Å². The molecule has 3 N–H and O–H groups in total. The normalized spacial score (nSPS) is 10.8. The number of rotatable bonds is 4. The van der Waals surface area contributed by atoms with Crippen LogP contribution in [0.25, 0.3) is 5.57 Å². The summed E-state index contributed by atoms with van der Waals surface area (Å²) in [5.74, 6) is -0.293. The van der Waals surface area contributed by atoms with Crippen LogP contribution in [0.1, 0.15) is 5.82 Å². The molecule has 0 bridgehead atoms. The summed E-state index contributed by atoms with van der Waals surface area (Å²) >= 11 is 0. The molecule has 0 saturated carbocycles. The number of aromatic amines is 1. The maximum absolute atomic E-state index is 10.8. The van der Waals surface area contributed by atoms with Gasteiger partial charge < -0.3 is 10.4 Å². The van der Waals surface area contributed by atoms with Gasteiger partial charge in [0.15, 0.2) is 5.69 Å². The second-order valence-corrected chi connectivity index (χ2v) is 3.48. The standard InChI is InChI=1S/C10H7N7O3/c11-4-6(10-13-15-16-14-10)5-12-9-7(17(19)20)2-1-3-8(9)18/h1-3,5,12,18H,(H,13,14,15,16). The third-order valence-electron chi connectivity index (χ3n) is 2.28. The number of hydrogen-bond acceptors (Lipinski definition) is 8. The second kappa shape index (κ2) is 5.44. The Balaban J connectivity index is 2.36. The number of aromatic hydroxyl groups is 1. The van der Waals surface area contributed by atoms with Crippen molar-refractivity contribution in [1.29, 1.82) is 5.26 Å². The molecule has 0 unspecified atom stereocenters. The minimum absolute atomic E-state index is 0.00342. The number of tetrazole rings is 1. The van der Waals surface area contributed by atoms with Crippen molar-refractivity contribution in [1.82, 2.24) is 20.6 Å². The highest BCUT2D eigenvalue weighted by atomic mass is 16.6. The van der Waals surface area contributed by atoms with Gasteiger partial charge in [-0.3, -0.25) is 10.1 Å². The summed E-state index contributed by atoms with van der Waals surface area (Å²) in [4.78, 5) is 10.2. The summed E-state index contributed by atoms with van der Waals surface area (Å²) in [6, 6.07) is 5.64. The Kier molecular flexibility index (Phi) is 3.53. The van der Waals surface area contributed by atoms with Gasteiger partial charge in [0, 0.05) is 12.3 Å². The lowest BCUT2D eigenvalue weighted by Gasteiger charge is -2.04. The van der Waals surface area contributed by atoms with Gasteiger partial charge in [-0.15, -0.1) is 10.2 Å². The number of allylic oxidation sites excluding steroid dienone is 1. The van der Waals surface area contributed by atoms with Gasteiger partial charge in [-0.25, -0.2) is 0 Å². The summed E-state index contributed by atoms with van der Waals surface area (Å²) in [6.45, 7) is 0. The van der Waals surface area contributed by atoms with Gasteiger partial charge in [0.25, 0.3) is 5.69 Å². The molecule has 1 aromatic heterocycles. The number of para-hydroxylation sites is 1. The fraction of sp³-hybridized carbons (Fsp3) is 0. The number of nitriles is 1. The Hall–Kier alpha value is -3.48. The number of phenols is 1. The average Bonchev–Trinajstić information content (AvgIpc) is 2.94. The van der Waals surface area contributed by atoms with Gasteiger partial charge in [0.2, 0.25) is 5.82 Å². The van der Waals surface area contributed by atoms with E-state index in [1.165, 1.54) is 18.2 Å². The zero-order valence-electron chi connectivity index (χ0n) is 9.81. The van der Waals surface area contributed by atoms with Crippen molar-refractivity contribution in [2.24, 2.45) is 0 Å². The summed E-state index contributed by atoms with van der Waals surface area (Å²) in [6.07, 6.45) is 1.15. The number of benzene rings is 1. The Bertz CT molecular complexity index is 702. The first-order valence-electron chi connectivity index (χ1n) is 5.20. The number of nitrogens with one attached hydrogen (secondary N) is 2. The Morgan fingerprint density at radius 1 is 1.60 bits per heavy atom. The second-order valence-electron chi connectivity index (χ2n) is 3.48. The van der Waals surface area contributed by atoms with E-state index in [0.29, 0.717) is 0 Å². The van der Waals surface area contributed by atoms with Gasteiger partial charge >= 0.3 is 0 Å². The van der Waals surface area contributed by atoms with Crippen molar-refractivity contribution in [2.75, 3.05) is 5.32 Å². The first-order chi connectivity index (χ1) is 9.63. The van der Waals surface area contributed by atoms with Crippen molar-refractivity contribution in [3.63, 3.8) is 0 Å². The molecule has 0 fully saturated rings. The van der Waals surface area contributed by atoms with Gasteiger partial charge in [-0.1, -0.05) is 6.07 Å². The Morgan fingerprint density at radius 3 is 3.00 bits per heavy atom. The summed E-state index contributed by atoms with van der Waals surface area (Å²) in [5, 5.41) is 44.6. The van der Waals surface area contributed by atoms with Crippen LogP contribution in [0.5, 0.6) is 5.75 Å². The number of nitro benzene ring substituents is 1. The topological polar surface area (TPSA) is 154 Å². The largest absolute Gasteiger partial charge is 0.505 e. The van der Waals surface area contributed by atoms with E-state index in [9.17, 15) is 15.2 Å². The van der Waals surface area contributed by atoms with Gasteiger partial charge in [-0.05, 0) is 11.3 Å². The first kappa shape index (κ1) is 13.0. The van der Waals surface area contributed by atoms with E-state index in [1.807, 2.05) is 0 Å². The average molecular weight is 273 g/mol. The van der Waals surface area contributed by atoms with E-state index in [1.54, 1.807) is 6.07 Å². The summed E-state index contributed by atoms with van der Waals surface area (Å²) in [5.41, 5.74) is -0.461. The van der Waals surface area contributed by atoms with Crippen molar-refractivity contribution >= 4 is 16.9 Å². The molecule has 10 heteroatoms. The quantitative estimate of drug-likeness (QED) is 0.319. The van der Waals surface area contributed by atoms with Crippen LogP contribution in [0.2, 0.25) is 0 Å². The highest BCUT2D eigenvalue weighted by Crippen LogP contribution is 2.33. The van der Waals surface area contributed by atoms with Gasteiger partial charge in [0.1, 0.15) is 17.4 Å². The van der Waals surface area contributed by atoms with E-state index < -0.39 is 4.92 Å². The van der Waals surface area contributed by atoms with Crippen LogP contribution in [0.4, 0.5) is 11.4 Å². The molecule has 0 saturated heterocycles. The van der Waals surface area contributed by atoms with Crippen molar-refractivity contribution < 1.29 is 10.0 Å². The number of anilines is 1. The molecule has 2 aromatic rings. The van der Waals surface area contributed by atoms with E-state index in [0.717, 1.165) is 6.20 Å². The number of nitro groups is 1. The maximum Gasteiger partial charge on any atom is 0.296 e.